The molecule has 1 aromatic carbocycles. The first-order chi connectivity index (χ1) is 14.0. The molecule has 160 valence electrons. The molecule has 3 amide bonds. The molecule has 3 rings (SSSR count). The van der Waals surface area contributed by atoms with Crippen molar-refractivity contribution < 1.29 is 36.3 Å². The molecule has 2 unspecified atom stereocenters. The molecule has 0 spiro atoms. The average Bonchev–Trinajstić information content (AvgIpc) is 3.00. The third-order valence-corrected chi connectivity index (χ3v) is 6.28. The first-order valence-corrected chi connectivity index (χ1v) is 10.1. The van der Waals surface area contributed by atoms with Crippen molar-refractivity contribution in [2.45, 2.75) is 35.9 Å². The van der Waals surface area contributed by atoms with Crippen LogP contribution in [0.15, 0.2) is 47.6 Å². The van der Waals surface area contributed by atoms with Gasteiger partial charge in [-0.25, -0.2) is 18.1 Å². The number of hydrogen-bond acceptors (Lipinski definition) is 6. The normalized spacial score (nSPS) is 18.4. The highest BCUT2D eigenvalue weighted by molar-refractivity contribution is 7.92. The number of urea groups is 1. The molecule has 2 N–H and O–H groups in total. The van der Waals surface area contributed by atoms with E-state index in [1.165, 1.54) is 12.4 Å². The van der Waals surface area contributed by atoms with Crippen molar-refractivity contribution in [1.29, 1.82) is 0 Å². The fourth-order valence-corrected chi connectivity index (χ4v) is 3.95. The van der Waals surface area contributed by atoms with Gasteiger partial charge in [0.05, 0.1) is 17.2 Å². The molecule has 1 saturated heterocycles. The van der Waals surface area contributed by atoms with E-state index in [-0.39, 0.29) is 12.3 Å². The number of benzene rings is 1. The summed E-state index contributed by atoms with van der Waals surface area (Å²) in [4.78, 5) is 28.8. The van der Waals surface area contributed by atoms with Gasteiger partial charge in [0.15, 0.2) is 0 Å². The van der Waals surface area contributed by atoms with Crippen LogP contribution in [0.2, 0.25) is 0 Å². The van der Waals surface area contributed by atoms with E-state index in [0.717, 1.165) is 17.0 Å². The zero-order chi connectivity index (χ0) is 22.3. The van der Waals surface area contributed by atoms with Crippen LogP contribution in [0.5, 0.6) is 0 Å². The number of aliphatic hydroxyl groups excluding tert-OH is 1. The highest BCUT2D eigenvalue weighted by atomic mass is 32.2. The van der Waals surface area contributed by atoms with Crippen molar-refractivity contribution in [1.82, 2.24) is 10.3 Å². The second-order valence-corrected chi connectivity index (χ2v) is 8.51. The summed E-state index contributed by atoms with van der Waals surface area (Å²) >= 11 is 0. The largest absolute Gasteiger partial charge is 0.501 e. The lowest BCUT2D eigenvalue weighted by molar-refractivity contribution is -0.118. The van der Waals surface area contributed by atoms with Crippen molar-refractivity contribution in [2.75, 3.05) is 4.90 Å². The smallest absolute Gasteiger partial charge is 0.392 e. The van der Waals surface area contributed by atoms with Crippen LogP contribution < -0.4 is 10.2 Å². The van der Waals surface area contributed by atoms with Crippen LogP contribution >= 0.6 is 0 Å². The molecule has 1 aromatic heterocycles. The summed E-state index contributed by atoms with van der Waals surface area (Å²) in [5.74, 6) is -1.21. The number of amides is 3. The number of nitrogens with one attached hydrogen (secondary N) is 1. The quantitative estimate of drug-likeness (QED) is 0.684. The lowest BCUT2D eigenvalue weighted by atomic mass is 9.91. The van der Waals surface area contributed by atoms with Crippen LogP contribution in [-0.2, 0) is 21.2 Å². The van der Waals surface area contributed by atoms with Gasteiger partial charge in [-0.2, -0.15) is 13.2 Å². The third kappa shape index (κ3) is 3.63. The predicted octanol–water partition coefficient (Wildman–Crippen LogP) is 2.10. The van der Waals surface area contributed by atoms with Gasteiger partial charge >= 0.3 is 11.5 Å². The minimum absolute atomic E-state index is 0.0783. The molecule has 0 saturated carbocycles. The predicted molar refractivity (Wildman–Crippen MR) is 98.1 cm³/mol. The maximum atomic E-state index is 12.8. The van der Waals surface area contributed by atoms with Crippen LogP contribution in [0.3, 0.4) is 0 Å². The molecule has 1 fully saturated rings. The van der Waals surface area contributed by atoms with Crippen molar-refractivity contribution in [3.8, 4) is 0 Å². The Morgan fingerprint density at radius 2 is 1.83 bits per heavy atom. The molecule has 8 nitrogen and oxygen atoms in total. The Balaban J connectivity index is 1.88. The maximum absolute atomic E-state index is 12.8. The molecule has 2 aromatic rings. The van der Waals surface area contributed by atoms with E-state index in [1.807, 2.05) is 0 Å². The number of carbonyl (C=O) groups excluding carboxylic acids is 2. The van der Waals surface area contributed by atoms with Crippen molar-refractivity contribution >= 4 is 27.5 Å². The van der Waals surface area contributed by atoms with Crippen molar-refractivity contribution in [3.05, 3.63) is 53.9 Å². The lowest BCUT2D eigenvalue weighted by Gasteiger charge is -2.20. The van der Waals surface area contributed by atoms with E-state index in [0.29, 0.717) is 23.3 Å². The number of hydrogen-bond donors (Lipinski definition) is 2. The number of pyridine rings is 1. The van der Waals surface area contributed by atoms with Gasteiger partial charge in [-0.15, -0.1) is 0 Å². The summed E-state index contributed by atoms with van der Waals surface area (Å²) in [7, 11) is -5.55. The number of rotatable bonds is 5. The lowest BCUT2D eigenvalue weighted by Crippen LogP contribution is -2.35. The number of sulfone groups is 1. The summed E-state index contributed by atoms with van der Waals surface area (Å²) in [5, 5.41) is 12.0. The van der Waals surface area contributed by atoms with E-state index < -0.39 is 44.1 Å². The Morgan fingerprint density at radius 1 is 1.20 bits per heavy atom. The van der Waals surface area contributed by atoms with Gasteiger partial charge in [-0.3, -0.25) is 9.78 Å². The topological polar surface area (TPSA) is 117 Å². The Morgan fingerprint density at radius 3 is 2.40 bits per heavy atom. The van der Waals surface area contributed by atoms with E-state index in [2.05, 4.69) is 10.3 Å². The second-order valence-electron chi connectivity index (χ2n) is 6.57. The molecular weight excluding hydrogens is 427 g/mol. The molecular formula is C18H16F3N3O5S. The Bertz CT molecular complexity index is 1090. The third-order valence-electron chi connectivity index (χ3n) is 4.78. The highest BCUT2D eigenvalue weighted by Crippen LogP contribution is 2.33. The molecule has 2 heterocycles. The number of nitrogens with zero attached hydrogens (tertiary/aromatic N) is 2. The molecule has 12 heteroatoms. The summed E-state index contributed by atoms with van der Waals surface area (Å²) in [6.07, 6.45) is 2.91. The van der Waals surface area contributed by atoms with Crippen molar-refractivity contribution in [2.24, 2.45) is 0 Å². The fraction of sp³-hybridized carbons (Fsp3) is 0.278. The van der Waals surface area contributed by atoms with Gasteiger partial charge in [0.25, 0.3) is 15.7 Å². The summed E-state index contributed by atoms with van der Waals surface area (Å²) in [5.41, 5.74) is -4.47. The number of anilines is 1. The molecule has 0 bridgehead atoms. The van der Waals surface area contributed by atoms with E-state index in [1.54, 1.807) is 13.0 Å². The van der Waals surface area contributed by atoms with Gasteiger partial charge in [0.1, 0.15) is 6.04 Å². The fourth-order valence-electron chi connectivity index (χ4n) is 3.18. The molecule has 30 heavy (non-hydrogen) atoms. The maximum Gasteiger partial charge on any atom is 0.501 e. The minimum Gasteiger partial charge on any atom is -0.392 e. The number of imide groups is 1. The second kappa shape index (κ2) is 7.69. The van der Waals surface area contributed by atoms with Gasteiger partial charge in [-0.1, -0.05) is 6.92 Å². The average molecular weight is 443 g/mol. The zero-order valence-corrected chi connectivity index (χ0v) is 16.2. The molecule has 0 radical (unpaired) electrons. The van der Waals surface area contributed by atoms with Gasteiger partial charge in [0, 0.05) is 18.3 Å². The first kappa shape index (κ1) is 21.7. The number of carbonyl (C=O) groups is 2. The first-order valence-electron chi connectivity index (χ1n) is 8.58. The molecule has 0 aliphatic carbocycles. The van der Waals surface area contributed by atoms with Crippen molar-refractivity contribution in [3.63, 3.8) is 0 Å². The van der Waals surface area contributed by atoms with Crippen LogP contribution in [0.25, 0.3) is 0 Å². The van der Waals surface area contributed by atoms with Crippen LogP contribution in [0, 0.1) is 0 Å². The van der Waals surface area contributed by atoms with E-state index in [4.69, 9.17) is 0 Å². The minimum atomic E-state index is -5.55. The van der Waals surface area contributed by atoms with Crippen LogP contribution in [-0.4, -0.2) is 42.0 Å². The number of aromatic nitrogens is 1. The number of halogens is 3. The van der Waals surface area contributed by atoms with Crippen LogP contribution in [0.4, 0.5) is 23.7 Å². The van der Waals surface area contributed by atoms with E-state index >= 15 is 0 Å². The molecule has 1 aliphatic rings. The SMILES string of the molecule is CC(c1ccncc1CO)C1NC(=O)N(c2ccc(S(=O)(=O)C(F)(F)F)cc2)C1=O. The Kier molecular flexibility index (Phi) is 5.56. The van der Waals surface area contributed by atoms with Gasteiger partial charge in [-0.05, 0) is 41.5 Å². The molecule has 2 atom stereocenters. The number of aliphatic hydroxyl groups is 1. The number of alkyl halides is 3. The Labute approximate surface area is 169 Å². The van der Waals surface area contributed by atoms with Crippen LogP contribution in [0.1, 0.15) is 24.0 Å². The highest BCUT2D eigenvalue weighted by Gasteiger charge is 2.47. The zero-order valence-electron chi connectivity index (χ0n) is 15.4. The Hall–Kier alpha value is -2.99. The summed E-state index contributed by atoms with van der Waals surface area (Å²) in [6, 6.07) is 3.08. The van der Waals surface area contributed by atoms with Gasteiger partial charge in [0.2, 0.25) is 0 Å². The monoisotopic (exact) mass is 443 g/mol. The summed E-state index contributed by atoms with van der Waals surface area (Å²) in [6.45, 7) is 1.35. The molecule has 1 aliphatic heterocycles. The summed E-state index contributed by atoms with van der Waals surface area (Å²) < 4.78 is 60.9. The van der Waals surface area contributed by atoms with E-state index in [9.17, 15) is 36.3 Å². The standard InChI is InChI=1S/C18H16F3N3O5S/c1-10(14-6-7-22-8-11(14)9-25)15-16(26)24(17(27)23-15)12-2-4-13(5-3-12)30(28,29)18(19,20)21/h2-8,10,15,25H,9H2,1H3,(H,23,27). The van der Waals surface area contributed by atoms with Gasteiger partial charge < -0.3 is 10.4 Å².